The van der Waals surface area contributed by atoms with Crippen LogP contribution in [0.2, 0.25) is 0 Å². The molecule has 0 fully saturated rings. The van der Waals surface area contributed by atoms with Crippen molar-refractivity contribution in [2.75, 3.05) is 12.4 Å². The lowest BCUT2D eigenvalue weighted by molar-refractivity contribution is -0.110. The van der Waals surface area contributed by atoms with Crippen molar-refractivity contribution in [1.29, 1.82) is 0 Å². The molecule has 76 valence electrons. The molecule has 1 aromatic rings. The van der Waals surface area contributed by atoms with Crippen LogP contribution >= 0.6 is 0 Å². The Labute approximate surface area is 87.0 Å². The quantitative estimate of drug-likeness (QED) is 0.668. The highest BCUT2D eigenvalue weighted by atomic mass is 16.2. The summed E-state index contributed by atoms with van der Waals surface area (Å²) in [6, 6.07) is 5.03. The predicted molar refractivity (Wildman–Crippen MR) is 57.5 cm³/mol. The Kier molecular flexibility index (Phi) is 2.04. The van der Waals surface area contributed by atoms with E-state index in [1.807, 2.05) is 0 Å². The molecule has 15 heavy (non-hydrogen) atoms. The molecule has 0 saturated heterocycles. The first-order chi connectivity index (χ1) is 7.13. The fraction of sp³-hybridized carbons (Fsp3) is 0.0909. The summed E-state index contributed by atoms with van der Waals surface area (Å²) in [5.74, 6) is -0.385. The topological polar surface area (TPSA) is 58.2 Å². The van der Waals surface area contributed by atoms with E-state index in [0.29, 0.717) is 22.4 Å². The number of fused-ring (bicyclic) bond motifs is 1. The van der Waals surface area contributed by atoms with E-state index in [4.69, 9.17) is 0 Å². The van der Waals surface area contributed by atoms with Gasteiger partial charge in [-0.25, -0.2) is 0 Å². The van der Waals surface area contributed by atoms with Gasteiger partial charge in [-0.05, 0) is 18.2 Å². The second-order valence-corrected chi connectivity index (χ2v) is 3.27. The number of hydrogen-bond donors (Lipinski definition) is 2. The maximum absolute atomic E-state index is 11.4. The molecule has 2 rings (SSSR count). The van der Waals surface area contributed by atoms with E-state index in [2.05, 4.69) is 17.2 Å². The van der Waals surface area contributed by atoms with Gasteiger partial charge in [0, 0.05) is 29.4 Å². The van der Waals surface area contributed by atoms with Gasteiger partial charge in [-0.3, -0.25) is 9.59 Å². The van der Waals surface area contributed by atoms with Crippen molar-refractivity contribution in [2.24, 2.45) is 0 Å². The van der Waals surface area contributed by atoms with Gasteiger partial charge < -0.3 is 10.6 Å². The van der Waals surface area contributed by atoms with Crippen molar-refractivity contribution in [1.82, 2.24) is 5.32 Å². The summed E-state index contributed by atoms with van der Waals surface area (Å²) < 4.78 is 0. The van der Waals surface area contributed by atoms with Gasteiger partial charge in [0.2, 0.25) is 0 Å². The lowest BCUT2D eigenvalue weighted by atomic mass is 10.1. The molecule has 1 aromatic carbocycles. The molecule has 4 nitrogen and oxygen atoms in total. The second kappa shape index (κ2) is 3.24. The van der Waals surface area contributed by atoms with E-state index in [-0.39, 0.29) is 11.8 Å². The third-order valence-electron chi connectivity index (χ3n) is 2.36. The minimum absolute atomic E-state index is 0.176. The van der Waals surface area contributed by atoms with E-state index in [1.54, 1.807) is 25.2 Å². The number of nitrogens with one attached hydrogen (secondary N) is 2. The Balaban J connectivity index is 2.48. The van der Waals surface area contributed by atoms with Crippen LogP contribution in [-0.4, -0.2) is 18.9 Å². The van der Waals surface area contributed by atoms with Crippen LogP contribution in [0.25, 0.3) is 5.57 Å². The van der Waals surface area contributed by atoms with Crippen LogP contribution in [0, 0.1) is 0 Å². The third kappa shape index (κ3) is 1.40. The van der Waals surface area contributed by atoms with Crippen molar-refractivity contribution < 1.29 is 9.59 Å². The van der Waals surface area contributed by atoms with Gasteiger partial charge in [-0.2, -0.15) is 0 Å². The molecular weight excluding hydrogens is 192 g/mol. The monoisotopic (exact) mass is 202 g/mol. The molecule has 0 aromatic heterocycles. The summed E-state index contributed by atoms with van der Waals surface area (Å²) in [5, 5.41) is 5.19. The average molecular weight is 202 g/mol. The van der Waals surface area contributed by atoms with Crippen molar-refractivity contribution in [2.45, 2.75) is 0 Å². The van der Waals surface area contributed by atoms with Crippen LogP contribution in [0.3, 0.4) is 0 Å². The number of amides is 2. The normalized spacial score (nSPS) is 13.4. The Morgan fingerprint density at radius 1 is 1.47 bits per heavy atom. The second-order valence-electron chi connectivity index (χ2n) is 3.27. The molecule has 0 atom stereocenters. The molecule has 0 bridgehead atoms. The van der Waals surface area contributed by atoms with Gasteiger partial charge in [-0.15, -0.1) is 0 Å². The van der Waals surface area contributed by atoms with Gasteiger partial charge in [0.1, 0.15) is 0 Å². The lowest BCUT2D eigenvalue weighted by Gasteiger charge is -2.02. The Bertz CT molecular complexity index is 477. The smallest absolute Gasteiger partial charge is 0.255 e. The first-order valence-corrected chi connectivity index (χ1v) is 4.50. The maximum Gasteiger partial charge on any atom is 0.255 e. The zero-order valence-corrected chi connectivity index (χ0v) is 8.26. The van der Waals surface area contributed by atoms with E-state index >= 15 is 0 Å². The van der Waals surface area contributed by atoms with Gasteiger partial charge in [0.15, 0.2) is 0 Å². The third-order valence-corrected chi connectivity index (χ3v) is 2.36. The molecule has 0 unspecified atom stereocenters. The zero-order valence-electron chi connectivity index (χ0n) is 8.26. The molecule has 1 aliphatic rings. The zero-order chi connectivity index (χ0) is 11.0. The first kappa shape index (κ1) is 9.45. The fourth-order valence-corrected chi connectivity index (χ4v) is 1.51. The van der Waals surface area contributed by atoms with E-state index < -0.39 is 0 Å². The van der Waals surface area contributed by atoms with Crippen LogP contribution in [0.4, 0.5) is 5.69 Å². The van der Waals surface area contributed by atoms with E-state index in [1.165, 1.54) is 0 Å². The van der Waals surface area contributed by atoms with Gasteiger partial charge in [0.25, 0.3) is 11.8 Å². The molecule has 0 aliphatic carbocycles. The predicted octanol–water partition coefficient (Wildman–Crippen LogP) is 1.01. The molecule has 0 saturated carbocycles. The summed E-state index contributed by atoms with van der Waals surface area (Å²) in [4.78, 5) is 22.6. The van der Waals surface area contributed by atoms with Crippen LogP contribution in [0.1, 0.15) is 15.9 Å². The van der Waals surface area contributed by atoms with Crippen molar-refractivity contribution in [3.05, 3.63) is 35.9 Å². The standard InChI is InChI=1S/C11H10N2O2/c1-6-8-5-7(11(15)12-2)3-4-9(8)13-10(6)14/h3-5H,1H2,2H3,(H,12,15)(H,13,14). The summed E-state index contributed by atoms with van der Waals surface area (Å²) in [6.07, 6.45) is 0. The van der Waals surface area contributed by atoms with Crippen LogP contribution < -0.4 is 10.6 Å². The SMILES string of the molecule is C=C1C(=O)Nc2ccc(C(=O)NC)cc21. The number of hydrogen-bond acceptors (Lipinski definition) is 2. The molecular formula is C11H10N2O2. The molecule has 2 amide bonds. The molecule has 4 heteroatoms. The number of anilines is 1. The molecule has 0 radical (unpaired) electrons. The van der Waals surface area contributed by atoms with Crippen LogP contribution in [0.5, 0.6) is 0 Å². The van der Waals surface area contributed by atoms with Gasteiger partial charge in [0.05, 0.1) is 0 Å². The Morgan fingerprint density at radius 3 is 2.87 bits per heavy atom. The first-order valence-electron chi connectivity index (χ1n) is 4.50. The highest BCUT2D eigenvalue weighted by molar-refractivity contribution is 6.31. The van der Waals surface area contributed by atoms with Crippen LogP contribution in [0.15, 0.2) is 24.8 Å². The molecule has 1 aliphatic heterocycles. The molecule has 1 heterocycles. The minimum atomic E-state index is -0.209. The largest absolute Gasteiger partial charge is 0.355 e. The van der Waals surface area contributed by atoms with E-state index in [9.17, 15) is 9.59 Å². The highest BCUT2D eigenvalue weighted by Gasteiger charge is 2.22. The Morgan fingerprint density at radius 2 is 2.20 bits per heavy atom. The van der Waals surface area contributed by atoms with Crippen molar-refractivity contribution in [3.8, 4) is 0 Å². The summed E-state index contributed by atoms with van der Waals surface area (Å²) in [6.45, 7) is 3.66. The van der Waals surface area contributed by atoms with Crippen molar-refractivity contribution >= 4 is 23.1 Å². The number of carbonyl (C=O) groups excluding carboxylic acids is 2. The van der Waals surface area contributed by atoms with Crippen LogP contribution in [-0.2, 0) is 4.79 Å². The average Bonchev–Trinajstić information content (AvgIpc) is 2.54. The number of benzene rings is 1. The summed E-state index contributed by atoms with van der Waals surface area (Å²) in [5.41, 5.74) is 2.32. The highest BCUT2D eigenvalue weighted by Crippen LogP contribution is 2.30. The maximum atomic E-state index is 11.4. The number of rotatable bonds is 1. The Hall–Kier alpha value is -2.10. The van der Waals surface area contributed by atoms with E-state index in [0.717, 1.165) is 0 Å². The fourth-order valence-electron chi connectivity index (χ4n) is 1.51. The summed E-state index contributed by atoms with van der Waals surface area (Å²) >= 11 is 0. The minimum Gasteiger partial charge on any atom is -0.355 e. The summed E-state index contributed by atoms with van der Waals surface area (Å²) in [7, 11) is 1.56. The molecule has 0 spiro atoms. The lowest BCUT2D eigenvalue weighted by Crippen LogP contribution is -2.17. The molecule has 2 N–H and O–H groups in total. The van der Waals surface area contributed by atoms with Gasteiger partial charge >= 0.3 is 0 Å². The van der Waals surface area contributed by atoms with Gasteiger partial charge in [-0.1, -0.05) is 6.58 Å². The number of carbonyl (C=O) groups is 2. The van der Waals surface area contributed by atoms with Crippen molar-refractivity contribution in [3.63, 3.8) is 0 Å².